The summed E-state index contributed by atoms with van der Waals surface area (Å²) in [6, 6.07) is -0.644. The van der Waals surface area contributed by atoms with Crippen molar-refractivity contribution < 1.29 is 24.2 Å². The number of nitrogens with one attached hydrogen (secondary N) is 1. The molecule has 2 saturated heterocycles. The van der Waals surface area contributed by atoms with Crippen LogP contribution in [0.15, 0.2) is 0 Å². The third kappa shape index (κ3) is 4.55. The van der Waals surface area contributed by atoms with Gasteiger partial charge in [0.05, 0.1) is 25.9 Å². The van der Waals surface area contributed by atoms with Crippen LogP contribution in [-0.2, 0) is 14.3 Å². The van der Waals surface area contributed by atoms with Crippen molar-refractivity contribution in [1.29, 1.82) is 0 Å². The van der Waals surface area contributed by atoms with E-state index in [0.717, 1.165) is 0 Å². The molecule has 0 aromatic rings. The number of ether oxygens (including phenoxy) is 2. The molecule has 2 aliphatic heterocycles. The predicted molar refractivity (Wildman–Crippen MR) is 74.2 cm³/mol. The van der Waals surface area contributed by atoms with Gasteiger partial charge in [0.1, 0.15) is 6.04 Å². The SMILES string of the molecule is CC(C(=O)O)N1CCN(C(=O)NCC2COCCO2)CC1. The van der Waals surface area contributed by atoms with Gasteiger partial charge in [-0.25, -0.2) is 4.79 Å². The molecule has 120 valence electrons. The molecule has 2 N–H and O–H groups in total. The van der Waals surface area contributed by atoms with Gasteiger partial charge < -0.3 is 24.8 Å². The second kappa shape index (κ2) is 7.58. The van der Waals surface area contributed by atoms with E-state index < -0.39 is 12.0 Å². The highest BCUT2D eigenvalue weighted by atomic mass is 16.6. The van der Waals surface area contributed by atoms with Gasteiger partial charge in [-0.15, -0.1) is 0 Å². The zero-order valence-electron chi connectivity index (χ0n) is 12.3. The van der Waals surface area contributed by atoms with Crippen molar-refractivity contribution >= 4 is 12.0 Å². The Kier molecular flexibility index (Phi) is 5.77. The maximum absolute atomic E-state index is 12.0. The summed E-state index contributed by atoms with van der Waals surface area (Å²) in [5.41, 5.74) is 0. The maximum atomic E-state index is 12.0. The van der Waals surface area contributed by atoms with Crippen molar-refractivity contribution in [2.45, 2.75) is 19.1 Å². The Hall–Kier alpha value is -1.38. The molecule has 2 unspecified atom stereocenters. The first kappa shape index (κ1) is 16.0. The molecule has 2 aliphatic rings. The van der Waals surface area contributed by atoms with Crippen LogP contribution in [0.5, 0.6) is 0 Å². The predicted octanol–water partition coefficient (Wildman–Crippen LogP) is -0.798. The number of carbonyl (C=O) groups excluding carboxylic acids is 1. The number of aliphatic carboxylic acids is 1. The molecule has 8 nitrogen and oxygen atoms in total. The largest absolute Gasteiger partial charge is 0.480 e. The minimum Gasteiger partial charge on any atom is -0.480 e. The van der Waals surface area contributed by atoms with Gasteiger partial charge >= 0.3 is 12.0 Å². The quantitative estimate of drug-likeness (QED) is 0.706. The molecular weight excluding hydrogens is 278 g/mol. The lowest BCUT2D eigenvalue weighted by molar-refractivity contribution is -0.143. The Morgan fingerprint density at radius 3 is 2.57 bits per heavy atom. The summed E-state index contributed by atoms with van der Waals surface area (Å²) in [7, 11) is 0. The van der Waals surface area contributed by atoms with E-state index in [1.807, 2.05) is 4.90 Å². The van der Waals surface area contributed by atoms with E-state index in [0.29, 0.717) is 52.5 Å². The number of nitrogens with zero attached hydrogens (tertiary/aromatic N) is 2. The maximum Gasteiger partial charge on any atom is 0.320 e. The molecule has 21 heavy (non-hydrogen) atoms. The number of hydrogen-bond acceptors (Lipinski definition) is 5. The summed E-state index contributed by atoms with van der Waals surface area (Å²) in [4.78, 5) is 26.5. The molecule has 0 aliphatic carbocycles. The van der Waals surface area contributed by atoms with E-state index in [1.54, 1.807) is 11.8 Å². The lowest BCUT2D eigenvalue weighted by Gasteiger charge is -2.36. The fraction of sp³-hybridized carbons (Fsp3) is 0.846. The molecule has 0 radical (unpaired) electrons. The van der Waals surface area contributed by atoms with Crippen molar-refractivity contribution in [2.75, 3.05) is 52.5 Å². The van der Waals surface area contributed by atoms with Crippen LogP contribution in [0.1, 0.15) is 6.92 Å². The number of amides is 2. The first-order chi connectivity index (χ1) is 10.1. The number of hydrogen-bond donors (Lipinski definition) is 2. The zero-order chi connectivity index (χ0) is 15.2. The average Bonchev–Trinajstić information content (AvgIpc) is 2.53. The standard InChI is InChI=1S/C13H23N3O5/c1-10(12(17)18)15-2-4-16(5-3-15)13(19)14-8-11-9-20-6-7-21-11/h10-11H,2-9H2,1H3,(H,14,19)(H,17,18). The van der Waals surface area contributed by atoms with Gasteiger partial charge in [0.2, 0.25) is 0 Å². The molecule has 2 atom stereocenters. The van der Waals surface area contributed by atoms with Crippen LogP contribution in [-0.4, -0.2) is 91.6 Å². The van der Waals surface area contributed by atoms with Gasteiger partial charge in [-0.1, -0.05) is 0 Å². The summed E-state index contributed by atoms with van der Waals surface area (Å²) in [5.74, 6) is -0.831. The van der Waals surface area contributed by atoms with E-state index >= 15 is 0 Å². The molecule has 2 fully saturated rings. The average molecular weight is 301 g/mol. The minimum atomic E-state index is -0.831. The molecule has 8 heteroatoms. The molecule has 0 bridgehead atoms. The fourth-order valence-electron chi connectivity index (χ4n) is 2.44. The van der Waals surface area contributed by atoms with Gasteiger partial charge in [0.25, 0.3) is 0 Å². The van der Waals surface area contributed by atoms with Gasteiger partial charge in [-0.3, -0.25) is 9.69 Å². The number of carboxylic acids is 1. The van der Waals surface area contributed by atoms with Crippen LogP contribution in [0.3, 0.4) is 0 Å². The molecule has 0 spiro atoms. The lowest BCUT2D eigenvalue weighted by Crippen LogP contribution is -2.55. The molecule has 2 rings (SSSR count). The van der Waals surface area contributed by atoms with Crippen molar-refractivity contribution in [3.05, 3.63) is 0 Å². The van der Waals surface area contributed by atoms with E-state index in [-0.39, 0.29) is 12.1 Å². The third-order valence-electron chi connectivity index (χ3n) is 3.87. The molecule has 0 aromatic heterocycles. The molecule has 2 amide bonds. The first-order valence-electron chi connectivity index (χ1n) is 7.27. The Balaban J connectivity index is 1.69. The number of urea groups is 1. The van der Waals surface area contributed by atoms with Gasteiger partial charge in [0.15, 0.2) is 0 Å². The number of piperazine rings is 1. The summed E-state index contributed by atoms with van der Waals surface area (Å²) < 4.78 is 10.7. The smallest absolute Gasteiger partial charge is 0.320 e. The van der Waals surface area contributed by atoms with Crippen molar-refractivity contribution in [3.8, 4) is 0 Å². The topological polar surface area (TPSA) is 91.3 Å². The monoisotopic (exact) mass is 301 g/mol. The second-order valence-electron chi connectivity index (χ2n) is 5.29. The summed E-state index contributed by atoms with van der Waals surface area (Å²) in [6.07, 6.45) is -0.0870. The Morgan fingerprint density at radius 1 is 1.29 bits per heavy atom. The first-order valence-corrected chi connectivity index (χ1v) is 7.27. The lowest BCUT2D eigenvalue weighted by atomic mass is 10.2. The minimum absolute atomic E-state index is 0.0870. The van der Waals surface area contributed by atoms with Crippen LogP contribution in [0.2, 0.25) is 0 Å². The van der Waals surface area contributed by atoms with E-state index in [9.17, 15) is 9.59 Å². The van der Waals surface area contributed by atoms with E-state index in [4.69, 9.17) is 14.6 Å². The number of rotatable bonds is 4. The molecule has 0 saturated carbocycles. The molecule has 2 heterocycles. The highest BCUT2D eigenvalue weighted by Gasteiger charge is 2.27. The highest BCUT2D eigenvalue weighted by molar-refractivity contribution is 5.75. The fourth-order valence-corrected chi connectivity index (χ4v) is 2.44. The number of carboxylic acid groups (broad SMARTS) is 1. The summed E-state index contributed by atoms with van der Waals surface area (Å²) >= 11 is 0. The van der Waals surface area contributed by atoms with Crippen LogP contribution in [0.4, 0.5) is 4.79 Å². The normalized spacial score (nSPS) is 25.4. The van der Waals surface area contributed by atoms with Crippen molar-refractivity contribution in [3.63, 3.8) is 0 Å². The molecular formula is C13H23N3O5. The summed E-state index contributed by atoms with van der Waals surface area (Å²) in [6.45, 7) is 5.98. The van der Waals surface area contributed by atoms with E-state index in [1.165, 1.54) is 0 Å². The Morgan fingerprint density at radius 2 is 2.00 bits per heavy atom. The van der Waals surface area contributed by atoms with Gasteiger partial charge in [-0.05, 0) is 6.92 Å². The van der Waals surface area contributed by atoms with Crippen LogP contribution >= 0.6 is 0 Å². The van der Waals surface area contributed by atoms with Crippen LogP contribution in [0, 0.1) is 0 Å². The van der Waals surface area contributed by atoms with Crippen LogP contribution in [0.25, 0.3) is 0 Å². The highest BCUT2D eigenvalue weighted by Crippen LogP contribution is 2.07. The van der Waals surface area contributed by atoms with E-state index in [2.05, 4.69) is 5.32 Å². The Bertz CT molecular complexity index is 365. The molecule has 0 aromatic carbocycles. The van der Waals surface area contributed by atoms with Crippen LogP contribution < -0.4 is 5.32 Å². The zero-order valence-corrected chi connectivity index (χ0v) is 12.3. The third-order valence-corrected chi connectivity index (χ3v) is 3.87. The van der Waals surface area contributed by atoms with Crippen molar-refractivity contribution in [1.82, 2.24) is 15.1 Å². The van der Waals surface area contributed by atoms with Crippen molar-refractivity contribution in [2.24, 2.45) is 0 Å². The second-order valence-corrected chi connectivity index (χ2v) is 5.29. The summed E-state index contributed by atoms with van der Waals surface area (Å²) in [5, 5.41) is 11.8. The Labute approximate surface area is 124 Å². The van der Waals surface area contributed by atoms with Gasteiger partial charge in [-0.2, -0.15) is 0 Å². The van der Waals surface area contributed by atoms with Gasteiger partial charge in [0, 0.05) is 32.7 Å². The number of carbonyl (C=O) groups is 2.